The SMILES string of the molecule is COCCN(Cc1ccccn1)C(=O)c1cc(S(C)(=O)=O)ccc1C. The molecule has 1 aromatic carbocycles. The van der Waals surface area contributed by atoms with E-state index in [1.165, 1.54) is 12.1 Å². The van der Waals surface area contributed by atoms with E-state index in [-0.39, 0.29) is 10.8 Å². The van der Waals surface area contributed by atoms with Crippen molar-refractivity contribution in [3.05, 3.63) is 59.4 Å². The Morgan fingerprint density at radius 1 is 1.24 bits per heavy atom. The van der Waals surface area contributed by atoms with Crippen molar-refractivity contribution in [2.75, 3.05) is 26.5 Å². The van der Waals surface area contributed by atoms with Crippen LogP contribution < -0.4 is 0 Å². The zero-order valence-electron chi connectivity index (χ0n) is 14.6. The van der Waals surface area contributed by atoms with E-state index in [2.05, 4.69) is 4.98 Å². The predicted molar refractivity (Wildman–Crippen MR) is 95.1 cm³/mol. The largest absolute Gasteiger partial charge is 0.383 e. The van der Waals surface area contributed by atoms with Crippen molar-refractivity contribution in [2.45, 2.75) is 18.4 Å². The highest BCUT2D eigenvalue weighted by atomic mass is 32.2. The molecule has 0 radical (unpaired) electrons. The normalized spacial score (nSPS) is 11.3. The van der Waals surface area contributed by atoms with E-state index in [1.807, 2.05) is 18.2 Å². The number of nitrogens with zero attached hydrogens (tertiary/aromatic N) is 2. The monoisotopic (exact) mass is 362 g/mol. The Hall–Kier alpha value is -2.25. The molecule has 7 heteroatoms. The molecular formula is C18H22N2O4S. The number of aryl methyl sites for hydroxylation is 1. The summed E-state index contributed by atoms with van der Waals surface area (Å²) in [5.41, 5.74) is 1.85. The number of carbonyl (C=O) groups excluding carboxylic acids is 1. The van der Waals surface area contributed by atoms with Gasteiger partial charge in [-0.2, -0.15) is 0 Å². The molecule has 0 unspecified atom stereocenters. The third-order valence-corrected chi connectivity index (χ3v) is 4.91. The topological polar surface area (TPSA) is 76.6 Å². The smallest absolute Gasteiger partial charge is 0.254 e. The number of hydrogen-bond donors (Lipinski definition) is 0. The van der Waals surface area contributed by atoms with Crippen LogP contribution in [-0.2, 0) is 21.1 Å². The van der Waals surface area contributed by atoms with Gasteiger partial charge in [0.05, 0.1) is 23.7 Å². The van der Waals surface area contributed by atoms with Gasteiger partial charge in [0, 0.05) is 31.7 Å². The molecule has 1 amide bonds. The zero-order valence-corrected chi connectivity index (χ0v) is 15.4. The Morgan fingerprint density at radius 3 is 2.60 bits per heavy atom. The average Bonchev–Trinajstić information content (AvgIpc) is 2.58. The highest BCUT2D eigenvalue weighted by Gasteiger charge is 2.20. The summed E-state index contributed by atoms with van der Waals surface area (Å²) in [7, 11) is -1.82. The van der Waals surface area contributed by atoms with E-state index < -0.39 is 9.84 Å². The second-order valence-corrected chi connectivity index (χ2v) is 7.81. The zero-order chi connectivity index (χ0) is 18.4. The van der Waals surface area contributed by atoms with Gasteiger partial charge in [0.15, 0.2) is 9.84 Å². The third kappa shape index (κ3) is 5.11. The quantitative estimate of drug-likeness (QED) is 0.754. The Bertz CT molecular complexity index is 835. The van der Waals surface area contributed by atoms with Gasteiger partial charge < -0.3 is 9.64 Å². The van der Waals surface area contributed by atoms with E-state index >= 15 is 0 Å². The number of ether oxygens (including phenoxy) is 1. The standard InChI is InChI=1S/C18H22N2O4S/c1-14-7-8-16(25(3,22)23)12-17(14)18(21)20(10-11-24-2)13-15-6-4-5-9-19-15/h4-9,12H,10-11,13H2,1-3H3. The molecule has 0 saturated carbocycles. The molecular weight excluding hydrogens is 340 g/mol. The Labute approximate surface area is 148 Å². The first-order valence-electron chi connectivity index (χ1n) is 7.81. The third-order valence-electron chi connectivity index (χ3n) is 3.80. The van der Waals surface area contributed by atoms with Gasteiger partial charge >= 0.3 is 0 Å². The molecule has 0 aliphatic carbocycles. The van der Waals surface area contributed by atoms with Crippen LogP contribution in [0.15, 0.2) is 47.5 Å². The molecule has 0 aliphatic heterocycles. The first-order chi connectivity index (χ1) is 11.8. The summed E-state index contributed by atoms with van der Waals surface area (Å²) in [6.45, 7) is 2.87. The van der Waals surface area contributed by atoms with Crippen molar-refractivity contribution in [1.29, 1.82) is 0 Å². The summed E-state index contributed by atoms with van der Waals surface area (Å²) in [5.74, 6) is -0.245. The molecule has 134 valence electrons. The number of rotatable bonds is 7. The lowest BCUT2D eigenvalue weighted by molar-refractivity contribution is 0.0677. The molecule has 1 aromatic heterocycles. The van der Waals surface area contributed by atoms with Gasteiger partial charge in [-0.25, -0.2) is 8.42 Å². The van der Waals surface area contributed by atoms with Gasteiger partial charge in [-0.3, -0.25) is 9.78 Å². The maximum absolute atomic E-state index is 13.0. The lowest BCUT2D eigenvalue weighted by atomic mass is 10.1. The van der Waals surface area contributed by atoms with Crippen LogP contribution in [0.3, 0.4) is 0 Å². The summed E-state index contributed by atoms with van der Waals surface area (Å²) in [6.07, 6.45) is 2.80. The number of sulfone groups is 1. The van der Waals surface area contributed by atoms with E-state index in [9.17, 15) is 13.2 Å². The van der Waals surface area contributed by atoms with Gasteiger partial charge in [-0.15, -0.1) is 0 Å². The molecule has 2 rings (SSSR count). The van der Waals surface area contributed by atoms with Crippen LogP contribution in [0.5, 0.6) is 0 Å². The second-order valence-electron chi connectivity index (χ2n) is 5.79. The van der Waals surface area contributed by atoms with E-state index in [4.69, 9.17) is 4.74 Å². The number of aromatic nitrogens is 1. The highest BCUT2D eigenvalue weighted by molar-refractivity contribution is 7.90. The molecule has 25 heavy (non-hydrogen) atoms. The van der Waals surface area contributed by atoms with Crippen LogP contribution in [0.1, 0.15) is 21.6 Å². The fraction of sp³-hybridized carbons (Fsp3) is 0.333. The first kappa shape index (κ1) is 19.1. The molecule has 0 N–H and O–H groups in total. The fourth-order valence-electron chi connectivity index (χ4n) is 2.37. The van der Waals surface area contributed by atoms with Gasteiger partial charge in [-0.05, 0) is 36.8 Å². The minimum Gasteiger partial charge on any atom is -0.383 e. The minimum absolute atomic E-state index is 0.131. The second kappa shape index (κ2) is 8.22. The van der Waals surface area contributed by atoms with E-state index in [0.717, 1.165) is 17.5 Å². The van der Waals surface area contributed by atoms with Crippen molar-refractivity contribution in [3.8, 4) is 0 Å². The number of methoxy groups -OCH3 is 1. The Kier molecular flexibility index (Phi) is 6.27. The van der Waals surface area contributed by atoms with Crippen molar-refractivity contribution < 1.29 is 17.9 Å². The van der Waals surface area contributed by atoms with Crippen molar-refractivity contribution >= 4 is 15.7 Å². The van der Waals surface area contributed by atoms with Crippen LogP contribution in [0.4, 0.5) is 0 Å². The number of carbonyl (C=O) groups is 1. The van der Waals surface area contributed by atoms with Crippen LogP contribution in [-0.4, -0.2) is 50.7 Å². The van der Waals surface area contributed by atoms with Crippen molar-refractivity contribution in [1.82, 2.24) is 9.88 Å². The molecule has 0 saturated heterocycles. The van der Waals surface area contributed by atoms with Crippen molar-refractivity contribution in [3.63, 3.8) is 0 Å². The summed E-state index contributed by atoms with van der Waals surface area (Å²) in [6, 6.07) is 10.1. The molecule has 0 spiro atoms. The molecule has 1 heterocycles. The van der Waals surface area contributed by atoms with Crippen LogP contribution in [0.2, 0.25) is 0 Å². The van der Waals surface area contributed by atoms with Gasteiger partial charge in [0.1, 0.15) is 0 Å². The molecule has 6 nitrogen and oxygen atoms in total. The predicted octanol–water partition coefficient (Wildman–Crippen LogP) is 2.08. The number of benzene rings is 1. The summed E-state index contributed by atoms with van der Waals surface area (Å²) in [4.78, 5) is 19.0. The lowest BCUT2D eigenvalue weighted by Crippen LogP contribution is -2.34. The molecule has 0 aliphatic rings. The summed E-state index contributed by atoms with van der Waals surface area (Å²) in [5, 5.41) is 0. The average molecular weight is 362 g/mol. The summed E-state index contributed by atoms with van der Waals surface area (Å²) < 4.78 is 28.7. The van der Waals surface area contributed by atoms with Crippen LogP contribution >= 0.6 is 0 Å². The van der Waals surface area contributed by atoms with E-state index in [1.54, 1.807) is 31.2 Å². The number of amides is 1. The maximum atomic E-state index is 13.0. The number of hydrogen-bond acceptors (Lipinski definition) is 5. The number of pyridine rings is 1. The van der Waals surface area contributed by atoms with Crippen LogP contribution in [0.25, 0.3) is 0 Å². The van der Waals surface area contributed by atoms with Crippen molar-refractivity contribution in [2.24, 2.45) is 0 Å². The molecule has 2 aromatic rings. The first-order valence-corrected chi connectivity index (χ1v) is 9.71. The van der Waals surface area contributed by atoms with Crippen LogP contribution in [0, 0.1) is 6.92 Å². The van der Waals surface area contributed by atoms with E-state index in [0.29, 0.717) is 25.3 Å². The maximum Gasteiger partial charge on any atom is 0.254 e. The Morgan fingerprint density at radius 2 is 2.00 bits per heavy atom. The molecule has 0 fully saturated rings. The van der Waals surface area contributed by atoms with Gasteiger partial charge in [-0.1, -0.05) is 12.1 Å². The Balaban J connectivity index is 2.35. The van der Waals surface area contributed by atoms with Gasteiger partial charge in [0.2, 0.25) is 0 Å². The van der Waals surface area contributed by atoms with Gasteiger partial charge in [0.25, 0.3) is 5.91 Å². The molecule has 0 bridgehead atoms. The minimum atomic E-state index is -3.38. The summed E-state index contributed by atoms with van der Waals surface area (Å²) >= 11 is 0. The fourth-order valence-corrected chi connectivity index (χ4v) is 3.02. The highest BCUT2D eigenvalue weighted by Crippen LogP contribution is 2.18. The lowest BCUT2D eigenvalue weighted by Gasteiger charge is -2.23. The molecule has 0 atom stereocenters.